The fourth-order valence-corrected chi connectivity index (χ4v) is 2.47. The molecule has 0 unspecified atom stereocenters. The third-order valence-electron chi connectivity index (χ3n) is 3.93. The van der Waals surface area contributed by atoms with E-state index in [-0.39, 0.29) is 66.0 Å². The summed E-state index contributed by atoms with van der Waals surface area (Å²) in [6.07, 6.45) is 7.67. The molecule has 8 heteroatoms. The highest BCUT2D eigenvalue weighted by atomic mass is 127. The molecule has 0 bridgehead atoms. The summed E-state index contributed by atoms with van der Waals surface area (Å²) in [5.41, 5.74) is 2.61. The number of pyridine rings is 2. The average Bonchev–Trinajstić information content (AvgIpc) is 2.63. The van der Waals surface area contributed by atoms with Gasteiger partial charge in [-0.15, -0.1) is 0 Å². The molecule has 0 atom stereocenters. The van der Waals surface area contributed by atoms with Crippen LogP contribution in [0.15, 0.2) is 73.3 Å². The molecule has 0 radical (unpaired) electrons. The Morgan fingerprint density at radius 3 is 1.85 bits per heavy atom. The van der Waals surface area contributed by atoms with E-state index in [0.29, 0.717) is 5.56 Å². The number of aromatic nitrogens is 2. The fourth-order valence-electron chi connectivity index (χ4n) is 2.47. The summed E-state index contributed by atoms with van der Waals surface area (Å²) in [7, 11) is 1.96. The number of nitro benzene ring substituents is 1. The largest absolute Gasteiger partial charge is 1.00 e. The first kappa shape index (κ1) is 23.1. The van der Waals surface area contributed by atoms with Crippen LogP contribution in [0, 0.1) is 10.1 Å². The van der Waals surface area contributed by atoms with Crippen molar-refractivity contribution in [1.82, 2.24) is 0 Å². The minimum absolute atomic E-state index is 0. The molecule has 1 aromatic carbocycles. The van der Waals surface area contributed by atoms with Gasteiger partial charge in [0.15, 0.2) is 24.8 Å². The second kappa shape index (κ2) is 10.4. The van der Waals surface area contributed by atoms with Crippen LogP contribution in [0.3, 0.4) is 0 Å². The SMILES string of the molecule is C[n+]1ccc(-c2cc[n+](CC(=O)c3ccc([N+](=O)[O-])cc3)cc2)cc1.[I-].[I-]. The Morgan fingerprint density at radius 2 is 1.37 bits per heavy atom. The Labute approximate surface area is 191 Å². The number of hydrogen-bond acceptors (Lipinski definition) is 3. The van der Waals surface area contributed by atoms with E-state index >= 15 is 0 Å². The van der Waals surface area contributed by atoms with Crippen molar-refractivity contribution in [2.75, 3.05) is 0 Å². The van der Waals surface area contributed by atoms with Crippen LogP contribution < -0.4 is 57.1 Å². The molecule has 3 aromatic rings. The number of ketones is 1. The highest BCUT2D eigenvalue weighted by Crippen LogP contribution is 2.16. The molecule has 3 rings (SSSR count). The summed E-state index contributed by atoms with van der Waals surface area (Å²) < 4.78 is 3.76. The maximum absolute atomic E-state index is 12.3. The molecule has 140 valence electrons. The predicted molar refractivity (Wildman–Crippen MR) is 90.7 cm³/mol. The molecule has 0 saturated carbocycles. The van der Waals surface area contributed by atoms with Crippen LogP contribution in [0.25, 0.3) is 11.1 Å². The number of halogens is 2. The molecule has 6 nitrogen and oxygen atoms in total. The zero-order chi connectivity index (χ0) is 17.8. The normalized spacial score (nSPS) is 9.67. The van der Waals surface area contributed by atoms with Gasteiger partial charge in [-0.25, -0.2) is 4.57 Å². The van der Waals surface area contributed by atoms with Gasteiger partial charge >= 0.3 is 0 Å². The van der Waals surface area contributed by atoms with Crippen molar-refractivity contribution in [3.63, 3.8) is 0 Å². The molecule has 0 N–H and O–H groups in total. The molecule has 0 fully saturated rings. The Bertz CT molecular complexity index is 912. The lowest BCUT2D eigenvalue weighted by Gasteiger charge is -2.01. The number of aryl methyl sites for hydroxylation is 1. The van der Waals surface area contributed by atoms with Gasteiger partial charge in [0.25, 0.3) is 5.69 Å². The van der Waals surface area contributed by atoms with E-state index in [4.69, 9.17) is 0 Å². The summed E-state index contributed by atoms with van der Waals surface area (Å²) in [6, 6.07) is 13.6. The van der Waals surface area contributed by atoms with Crippen molar-refractivity contribution < 1.29 is 66.8 Å². The quantitative estimate of drug-likeness (QED) is 0.101. The van der Waals surface area contributed by atoms with Gasteiger partial charge in [-0.2, -0.15) is 4.57 Å². The number of nitrogens with zero attached hydrogens (tertiary/aromatic N) is 3. The Balaban J connectivity index is 0.00000182. The monoisotopic (exact) mass is 589 g/mol. The summed E-state index contributed by atoms with van der Waals surface area (Å²) >= 11 is 0. The number of non-ortho nitro benzene ring substituents is 1. The second-order valence-corrected chi connectivity index (χ2v) is 5.74. The van der Waals surface area contributed by atoms with Crippen molar-refractivity contribution >= 4 is 11.5 Å². The van der Waals surface area contributed by atoms with Crippen molar-refractivity contribution in [2.24, 2.45) is 7.05 Å². The molecule has 0 saturated heterocycles. The number of benzene rings is 1. The summed E-state index contributed by atoms with van der Waals surface area (Å²) in [6.45, 7) is 0.182. The zero-order valence-corrected chi connectivity index (χ0v) is 18.8. The van der Waals surface area contributed by atoms with Gasteiger partial charge in [0, 0.05) is 42.0 Å². The van der Waals surface area contributed by atoms with Gasteiger partial charge in [0.2, 0.25) is 12.3 Å². The number of Topliss-reactive ketones (excluding diaryl/α,β-unsaturated/α-hetero) is 1. The fraction of sp³-hybridized carbons (Fsp3) is 0.105. The molecule has 2 heterocycles. The Morgan fingerprint density at radius 1 is 0.889 bits per heavy atom. The van der Waals surface area contributed by atoms with Gasteiger partial charge < -0.3 is 48.0 Å². The van der Waals surface area contributed by atoms with Crippen LogP contribution in [0.2, 0.25) is 0 Å². The van der Waals surface area contributed by atoms with E-state index < -0.39 is 4.92 Å². The number of carbonyl (C=O) groups is 1. The van der Waals surface area contributed by atoms with Crippen LogP contribution in [0.1, 0.15) is 10.4 Å². The van der Waals surface area contributed by atoms with Crippen LogP contribution in [0.5, 0.6) is 0 Å². The van der Waals surface area contributed by atoms with E-state index in [2.05, 4.69) is 0 Å². The maximum atomic E-state index is 12.3. The first-order valence-corrected chi connectivity index (χ1v) is 7.75. The molecule has 0 spiro atoms. The first-order chi connectivity index (χ1) is 12.0. The van der Waals surface area contributed by atoms with Crippen LogP contribution >= 0.6 is 0 Å². The smallest absolute Gasteiger partial charge is 0.269 e. The average molecular weight is 589 g/mol. The molecule has 27 heavy (non-hydrogen) atoms. The molecule has 0 aliphatic carbocycles. The van der Waals surface area contributed by atoms with Gasteiger partial charge in [0.1, 0.15) is 7.05 Å². The zero-order valence-electron chi connectivity index (χ0n) is 14.5. The maximum Gasteiger partial charge on any atom is 0.269 e. The Hall–Kier alpha value is -1.95. The third-order valence-corrected chi connectivity index (χ3v) is 3.93. The van der Waals surface area contributed by atoms with E-state index in [1.807, 2.05) is 60.7 Å². The lowest BCUT2D eigenvalue weighted by atomic mass is 10.1. The van der Waals surface area contributed by atoms with E-state index in [1.54, 1.807) is 4.57 Å². The standard InChI is InChI=1S/C19H17N3O3.2HI/c1-20-10-6-15(7-11-20)16-8-12-21(13-9-16)14-19(23)17-2-4-18(5-3-17)22(24)25;;/h2-13H,14H2,1H3;2*1H/q+2;;/p-2. The van der Waals surface area contributed by atoms with Crippen molar-refractivity contribution in [1.29, 1.82) is 0 Å². The molecular weight excluding hydrogens is 572 g/mol. The van der Waals surface area contributed by atoms with E-state index in [0.717, 1.165) is 11.1 Å². The second-order valence-electron chi connectivity index (χ2n) is 5.74. The summed E-state index contributed by atoms with van der Waals surface area (Å²) in [5, 5.41) is 10.7. The first-order valence-electron chi connectivity index (χ1n) is 7.75. The predicted octanol–water partition coefficient (Wildman–Crippen LogP) is -3.74. The number of nitro groups is 1. The minimum Gasteiger partial charge on any atom is -1.00 e. The van der Waals surface area contributed by atoms with Crippen LogP contribution in [-0.4, -0.2) is 10.7 Å². The number of carbonyl (C=O) groups excluding carboxylic acids is 1. The van der Waals surface area contributed by atoms with Crippen molar-refractivity contribution in [2.45, 2.75) is 6.54 Å². The topological polar surface area (TPSA) is 68.0 Å². The van der Waals surface area contributed by atoms with E-state index in [1.165, 1.54) is 24.3 Å². The van der Waals surface area contributed by atoms with E-state index in [9.17, 15) is 14.9 Å². The Kier molecular flexibility index (Phi) is 8.89. The highest BCUT2D eigenvalue weighted by Gasteiger charge is 2.14. The van der Waals surface area contributed by atoms with Gasteiger partial charge in [-0.05, 0) is 23.3 Å². The summed E-state index contributed by atoms with van der Waals surface area (Å²) in [4.78, 5) is 22.5. The molecule has 0 aliphatic rings. The highest BCUT2D eigenvalue weighted by molar-refractivity contribution is 5.95. The third kappa shape index (κ3) is 6.03. The van der Waals surface area contributed by atoms with Crippen LogP contribution in [0.4, 0.5) is 5.69 Å². The molecule has 2 aromatic heterocycles. The van der Waals surface area contributed by atoms with Crippen molar-refractivity contribution in [3.8, 4) is 11.1 Å². The lowest BCUT2D eigenvalue weighted by Crippen LogP contribution is -3.00. The number of hydrogen-bond donors (Lipinski definition) is 0. The van der Waals surface area contributed by atoms with Crippen molar-refractivity contribution in [3.05, 3.63) is 89.0 Å². The minimum atomic E-state index is -0.481. The van der Waals surface area contributed by atoms with Crippen LogP contribution in [-0.2, 0) is 13.6 Å². The number of rotatable bonds is 5. The van der Waals surface area contributed by atoms with Gasteiger partial charge in [-0.1, -0.05) is 0 Å². The lowest BCUT2D eigenvalue weighted by molar-refractivity contribution is -0.683. The molecule has 0 aliphatic heterocycles. The van der Waals surface area contributed by atoms with Gasteiger partial charge in [0.05, 0.1) is 4.92 Å². The van der Waals surface area contributed by atoms with Gasteiger partial charge in [-0.3, -0.25) is 14.9 Å². The molecule has 0 amide bonds. The summed E-state index contributed by atoms with van der Waals surface area (Å²) in [5.74, 6) is -0.0978. The molecular formula is C19H17I2N3O3.